The van der Waals surface area contributed by atoms with Crippen molar-refractivity contribution in [1.29, 1.82) is 0 Å². The second-order valence-electron chi connectivity index (χ2n) is 7.27. The molecular formula is C20H24N4O6S. The fourth-order valence-corrected chi connectivity index (χ4v) is 4.89. The van der Waals surface area contributed by atoms with E-state index in [0.29, 0.717) is 44.6 Å². The molecular weight excluding hydrogens is 424 g/mol. The number of hydrogen-bond donors (Lipinski definition) is 1. The van der Waals surface area contributed by atoms with Gasteiger partial charge in [0.05, 0.1) is 16.0 Å². The summed E-state index contributed by atoms with van der Waals surface area (Å²) in [5.41, 5.74) is -0.114. The van der Waals surface area contributed by atoms with Crippen LogP contribution in [-0.2, 0) is 16.6 Å². The number of nitro groups is 1. The van der Waals surface area contributed by atoms with Gasteiger partial charge in [-0.25, -0.2) is 8.42 Å². The van der Waals surface area contributed by atoms with Crippen molar-refractivity contribution in [2.45, 2.75) is 37.1 Å². The average molecular weight is 449 g/mol. The molecule has 0 unspecified atom stereocenters. The molecule has 10 nitrogen and oxygen atoms in total. The van der Waals surface area contributed by atoms with Crippen LogP contribution < -0.4 is 10.9 Å². The number of amides is 1. The van der Waals surface area contributed by atoms with Crippen LogP contribution in [0, 0.1) is 10.1 Å². The van der Waals surface area contributed by atoms with Crippen molar-refractivity contribution < 1.29 is 18.1 Å². The monoisotopic (exact) mass is 448 g/mol. The molecule has 0 saturated carbocycles. The Kier molecular flexibility index (Phi) is 7.18. The highest BCUT2D eigenvalue weighted by molar-refractivity contribution is 7.89. The standard InChI is InChI=1S/C20H24N4O6S/c25-19-10-7-17(24(27)28)15-22(19)12-2-1-11-21-20(26)16-5-8-18(9-6-16)31(29,30)23-13-3-4-14-23/h5-10,15H,1-4,11-14H2,(H,21,26). The van der Waals surface area contributed by atoms with Crippen LogP contribution in [0.25, 0.3) is 0 Å². The van der Waals surface area contributed by atoms with E-state index in [0.717, 1.165) is 18.9 Å². The Bertz CT molecular complexity index is 1110. The summed E-state index contributed by atoms with van der Waals surface area (Å²) < 4.78 is 27.8. The van der Waals surface area contributed by atoms with Crippen LogP contribution in [-0.4, -0.2) is 47.8 Å². The Labute approximate surface area is 179 Å². The predicted octanol–water partition coefficient (Wildman–Crippen LogP) is 1.75. The third kappa shape index (κ3) is 5.56. The van der Waals surface area contributed by atoms with Gasteiger partial charge in [-0.1, -0.05) is 0 Å². The first kappa shape index (κ1) is 22.6. The molecule has 1 amide bonds. The third-order valence-corrected chi connectivity index (χ3v) is 7.02. The summed E-state index contributed by atoms with van der Waals surface area (Å²) in [5, 5.41) is 13.5. The minimum Gasteiger partial charge on any atom is -0.352 e. The fourth-order valence-electron chi connectivity index (χ4n) is 3.37. The highest BCUT2D eigenvalue weighted by atomic mass is 32.2. The zero-order chi connectivity index (χ0) is 22.4. The number of nitrogens with one attached hydrogen (secondary N) is 1. The smallest absolute Gasteiger partial charge is 0.285 e. The molecule has 1 aromatic carbocycles. The Morgan fingerprint density at radius 2 is 1.74 bits per heavy atom. The molecule has 166 valence electrons. The van der Waals surface area contributed by atoms with Gasteiger partial charge < -0.3 is 9.88 Å². The lowest BCUT2D eigenvalue weighted by Crippen LogP contribution is -2.28. The summed E-state index contributed by atoms with van der Waals surface area (Å²) >= 11 is 0. The summed E-state index contributed by atoms with van der Waals surface area (Å²) in [6, 6.07) is 8.19. The number of sulfonamides is 1. The van der Waals surface area contributed by atoms with E-state index in [1.54, 1.807) is 0 Å². The van der Waals surface area contributed by atoms with E-state index >= 15 is 0 Å². The molecule has 0 atom stereocenters. The minimum atomic E-state index is -3.51. The van der Waals surface area contributed by atoms with Crippen LogP contribution in [0.15, 0.2) is 52.3 Å². The van der Waals surface area contributed by atoms with Crippen molar-refractivity contribution in [3.63, 3.8) is 0 Å². The number of hydrogen-bond acceptors (Lipinski definition) is 6. The van der Waals surface area contributed by atoms with Gasteiger partial charge in [0, 0.05) is 43.9 Å². The largest absolute Gasteiger partial charge is 0.352 e. The van der Waals surface area contributed by atoms with E-state index in [1.165, 1.54) is 45.4 Å². The first-order valence-corrected chi connectivity index (χ1v) is 11.5. The number of carbonyl (C=O) groups is 1. The first-order valence-electron chi connectivity index (χ1n) is 10.0. The number of rotatable bonds is 9. The van der Waals surface area contributed by atoms with Crippen molar-refractivity contribution in [2.24, 2.45) is 0 Å². The van der Waals surface area contributed by atoms with Gasteiger partial charge in [0.15, 0.2) is 0 Å². The van der Waals surface area contributed by atoms with Crippen molar-refractivity contribution in [1.82, 2.24) is 14.2 Å². The molecule has 1 aromatic heterocycles. The highest BCUT2D eigenvalue weighted by Crippen LogP contribution is 2.21. The average Bonchev–Trinajstić information content (AvgIpc) is 3.30. The maximum Gasteiger partial charge on any atom is 0.285 e. The molecule has 1 N–H and O–H groups in total. The van der Waals surface area contributed by atoms with E-state index in [9.17, 15) is 28.1 Å². The Morgan fingerprint density at radius 3 is 2.39 bits per heavy atom. The Balaban J connectivity index is 1.47. The van der Waals surface area contributed by atoms with E-state index < -0.39 is 14.9 Å². The minimum absolute atomic E-state index is 0.150. The number of carbonyl (C=O) groups excluding carboxylic acids is 1. The molecule has 11 heteroatoms. The van der Waals surface area contributed by atoms with Crippen LogP contribution in [0.1, 0.15) is 36.0 Å². The van der Waals surface area contributed by atoms with Crippen molar-refractivity contribution >= 4 is 21.6 Å². The zero-order valence-corrected chi connectivity index (χ0v) is 17.7. The molecule has 0 spiro atoms. The van der Waals surface area contributed by atoms with Gasteiger partial charge in [0.25, 0.3) is 17.2 Å². The van der Waals surface area contributed by atoms with E-state index in [2.05, 4.69) is 5.32 Å². The Hall–Kier alpha value is -3.05. The number of benzene rings is 1. The molecule has 1 fully saturated rings. The second kappa shape index (κ2) is 9.84. The lowest BCUT2D eigenvalue weighted by Gasteiger charge is -2.15. The van der Waals surface area contributed by atoms with Gasteiger partial charge in [0.1, 0.15) is 0 Å². The summed E-state index contributed by atoms with van der Waals surface area (Å²) in [6.07, 6.45) is 4.04. The number of unbranched alkanes of at least 4 members (excludes halogenated alkanes) is 1. The predicted molar refractivity (Wildman–Crippen MR) is 113 cm³/mol. The number of aryl methyl sites for hydroxylation is 1. The van der Waals surface area contributed by atoms with Crippen LogP contribution >= 0.6 is 0 Å². The number of pyridine rings is 1. The van der Waals surface area contributed by atoms with E-state index in [4.69, 9.17) is 0 Å². The normalized spacial score (nSPS) is 14.5. The van der Waals surface area contributed by atoms with Gasteiger partial charge in [-0.2, -0.15) is 4.31 Å². The molecule has 0 bridgehead atoms. The van der Waals surface area contributed by atoms with Crippen LogP contribution in [0.3, 0.4) is 0 Å². The number of nitrogens with zero attached hydrogens (tertiary/aromatic N) is 3. The van der Waals surface area contributed by atoms with Crippen LogP contribution in [0.2, 0.25) is 0 Å². The van der Waals surface area contributed by atoms with Gasteiger partial charge in [-0.05, 0) is 49.9 Å². The molecule has 1 aliphatic rings. The SMILES string of the molecule is O=C(NCCCCn1cc([N+](=O)[O-])ccc1=O)c1ccc(S(=O)(=O)N2CCCC2)cc1. The van der Waals surface area contributed by atoms with Crippen LogP contribution in [0.4, 0.5) is 5.69 Å². The maximum absolute atomic E-state index is 12.5. The Morgan fingerprint density at radius 1 is 1.06 bits per heavy atom. The fraction of sp³-hybridized carbons (Fsp3) is 0.400. The van der Waals surface area contributed by atoms with E-state index in [1.807, 2.05) is 0 Å². The summed E-state index contributed by atoms with van der Waals surface area (Å²) in [7, 11) is -3.51. The lowest BCUT2D eigenvalue weighted by molar-refractivity contribution is -0.385. The van der Waals surface area contributed by atoms with Gasteiger partial charge in [-0.3, -0.25) is 19.7 Å². The van der Waals surface area contributed by atoms with Crippen LogP contribution in [0.5, 0.6) is 0 Å². The molecule has 1 saturated heterocycles. The molecule has 0 aliphatic carbocycles. The summed E-state index contributed by atoms with van der Waals surface area (Å²) in [4.78, 5) is 34.4. The summed E-state index contributed by atoms with van der Waals surface area (Å²) in [5.74, 6) is -0.322. The van der Waals surface area contributed by atoms with Gasteiger partial charge >= 0.3 is 0 Å². The zero-order valence-electron chi connectivity index (χ0n) is 16.9. The molecule has 2 heterocycles. The van der Waals surface area contributed by atoms with Crippen molar-refractivity contribution in [3.8, 4) is 0 Å². The molecule has 2 aromatic rings. The van der Waals surface area contributed by atoms with Gasteiger partial charge in [-0.15, -0.1) is 0 Å². The van der Waals surface area contributed by atoms with Crippen molar-refractivity contribution in [2.75, 3.05) is 19.6 Å². The second-order valence-corrected chi connectivity index (χ2v) is 9.21. The topological polar surface area (TPSA) is 132 Å². The molecule has 1 aliphatic heterocycles. The lowest BCUT2D eigenvalue weighted by atomic mass is 10.2. The first-order chi connectivity index (χ1) is 14.8. The van der Waals surface area contributed by atoms with Crippen molar-refractivity contribution in [3.05, 3.63) is 68.6 Å². The number of aromatic nitrogens is 1. The molecule has 3 rings (SSSR count). The summed E-state index contributed by atoms with van der Waals surface area (Å²) in [6.45, 7) is 1.70. The molecule has 31 heavy (non-hydrogen) atoms. The third-order valence-electron chi connectivity index (χ3n) is 5.11. The van der Waals surface area contributed by atoms with E-state index in [-0.39, 0.29) is 22.0 Å². The van der Waals surface area contributed by atoms with Gasteiger partial charge in [0.2, 0.25) is 10.0 Å². The highest BCUT2D eigenvalue weighted by Gasteiger charge is 2.27. The quantitative estimate of drug-likeness (QED) is 0.353. The maximum atomic E-state index is 12.5. The molecule has 0 radical (unpaired) electrons.